The van der Waals surface area contributed by atoms with Crippen LogP contribution in [0.1, 0.15) is 34.7 Å². The Morgan fingerprint density at radius 3 is 3.10 bits per heavy atom. The largest absolute Gasteiger partial charge is 0.493 e. The zero-order valence-corrected chi connectivity index (χ0v) is 13.7. The molecule has 0 spiro atoms. The molecule has 0 amide bonds. The van der Waals surface area contributed by atoms with Gasteiger partial charge in [0.05, 0.1) is 17.2 Å². The number of halogens is 1. The van der Waals surface area contributed by atoms with Crippen LogP contribution in [0.25, 0.3) is 0 Å². The molecule has 0 aliphatic carbocycles. The summed E-state index contributed by atoms with van der Waals surface area (Å²) in [6.07, 6.45) is 2.67. The van der Waals surface area contributed by atoms with Crippen LogP contribution in [-0.4, -0.2) is 23.2 Å². The molecular weight excluding hydrogens is 306 g/mol. The van der Waals surface area contributed by atoms with Crippen molar-refractivity contribution in [2.45, 2.75) is 32.2 Å². The first-order valence-corrected chi connectivity index (χ1v) is 8.30. The van der Waals surface area contributed by atoms with Gasteiger partial charge in [0.15, 0.2) is 0 Å². The Kier molecular flexibility index (Phi) is 4.42. The number of fused-ring (bicyclic) bond motifs is 1. The summed E-state index contributed by atoms with van der Waals surface area (Å²) in [4.78, 5) is 1.20. The Balaban J connectivity index is 1.92. The van der Waals surface area contributed by atoms with Gasteiger partial charge in [0.1, 0.15) is 5.75 Å². The topological polar surface area (TPSA) is 47.0 Å². The van der Waals surface area contributed by atoms with Crippen molar-refractivity contribution in [3.8, 4) is 5.75 Å². The second-order valence-electron chi connectivity index (χ2n) is 5.13. The first-order chi connectivity index (χ1) is 10.2. The molecule has 1 aromatic heterocycles. The fourth-order valence-corrected chi connectivity index (χ4v) is 3.88. The van der Waals surface area contributed by atoms with Crippen LogP contribution in [0.5, 0.6) is 5.75 Å². The maximum atomic E-state index is 6.24. The number of likely N-dealkylation sites (N-methyl/N-ethyl adjacent to an activating group) is 1. The maximum absolute atomic E-state index is 6.24. The van der Waals surface area contributed by atoms with Crippen LogP contribution in [0.2, 0.25) is 5.02 Å². The molecule has 4 nitrogen and oxygen atoms in total. The molecule has 0 fully saturated rings. The van der Waals surface area contributed by atoms with Gasteiger partial charge < -0.3 is 10.1 Å². The van der Waals surface area contributed by atoms with E-state index in [4.69, 9.17) is 16.3 Å². The van der Waals surface area contributed by atoms with Crippen molar-refractivity contribution in [2.24, 2.45) is 0 Å². The Morgan fingerprint density at radius 2 is 2.33 bits per heavy atom. The normalized spacial score (nSPS) is 14.8. The Hall–Kier alpha value is -1.17. The molecule has 0 bridgehead atoms. The third kappa shape index (κ3) is 2.91. The fourth-order valence-electron chi connectivity index (χ4n) is 2.77. The highest BCUT2D eigenvalue weighted by Gasteiger charge is 2.23. The summed E-state index contributed by atoms with van der Waals surface area (Å²) in [5.41, 5.74) is 3.44. The van der Waals surface area contributed by atoms with Crippen LogP contribution in [0.15, 0.2) is 12.1 Å². The number of rotatable bonds is 5. The van der Waals surface area contributed by atoms with E-state index in [-0.39, 0.29) is 6.04 Å². The van der Waals surface area contributed by atoms with E-state index in [0.717, 1.165) is 47.9 Å². The molecule has 1 aliphatic rings. The highest BCUT2D eigenvalue weighted by Crippen LogP contribution is 2.36. The molecule has 6 heteroatoms. The summed E-state index contributed by atoms with van der Waals surface area (Å²) >= 11 is 7.71. The second-order valence-corrected chi connectivity index (χ2v) is 6.36. The van der Waals surface area contributed by atoms with Crippen molar-refractivity contribution >= 4 is 23.1 Å². The number of ether oxygens (including phenoxy) is 1. The van der Waals surface area contributed by atoms with Gasteiger partial charge in [0, 0.05) is 17.5 Å². The molecular formula is C15H18ClN3OS. The van der Waals surface area contributed by atoms with E-state index in [9.17, 15) is 0 Å². The number of hydrogen-bond acceptors (Lipinski definition) is 5. The van der Waals surface area contributed by atoms with E-state index in [0.29, 0.717) is 0 Å². The van der Waals surface area contributed by atoms with Crippen LogP contribution in [0.4, 0.5) is 0 Å². The van der Waals surface area contributed by atoms with E-state index < -0.39 is 0 Å². The molecule has 0 radical (unpaired) electrons. The standard InChI is InChI=1S/C15H18ClN3OS/c1-3-12-15(21-19-18-12)13(17-2)8-10-7-11(16)6-9-4-5-20-14(9)10/h6-7,13,17H,3-5,8H2,1-2H3. The first kappa shape index (κ1) is 14.8. The maximum Gasteiger partial charge on any atom is 0.125 e. The van der Waals surface area contributed by atoms with E-state index in [1.165, 1.54) is 22.0 Å². The summed E-state index contributed by atoms with van der Waals surface area (Å²) in [5, 5.41) is 8.36. The number of benzene rings is 1. The number of aromatic nitrogens is 2. The number of nitrogens with one attached hydrogen (secondary N) is 1. The molecule has 2 heterocycles. The van der Waals surface area contributed by atoms with Gasteiger partial charge in [-0.05, 0) is 54.7 Å². The number of aryl methyl sites for hydroxylation is 1. The SMILES string of the molecule is CCc1nnsc1C(Cc1cc(Cl)cc2c1OCC2)NC. The Morgan fingerprint density at radius 1 is 1.48 bits per heavy atom. The Bertz CT molecular complexity index is 644. The molecule has 21 heavy (non-hydrogen) atoms. The van der Waals surface area contributed by atoms with Crippen LogP contribution in [0, 0.1) is 0 Å². The van der Waals surface area contributed by atoms with Crippen LogP contribution < -0.4 is 10.1 Å². The molecule has 1 atom stereocenters. The van der Waals surface area contributed by atoms with Gasteiger partial charge >= 0.3 is 0 Å². The van der Waals surface area contributed by atoms with E-state index >= 15 is 0 Å². The average Bonchev–Trinajstić information content (AvgIpc) is 3.12. The van der Waals surface area contributed by atoms with Crippen LogP contribution in [-0.2, 0) is 19.3 Å². The molecule has 1 aromatic carbocycles. The van der Waals surface area contributed by atoms with Crippen molar-refractivity contribution < 1.29 is 4.74 Å². The van der Waals surface area contributed by atoms with Gasteiger partial charge in [-0.25, -0.2) is 0 Å². The third-order valence-electron chi connectivity index (χ3n) is 3.83. The fraction of sp³-hybridized carbons (Fsp3) is 0.467. The lowest BCUT2D eigenvalue weighted by Gasteiger charge is -2.17. The quantitative estimate of drug-likeness (QED) is 0.918. The van der Waals surface area contributed by atoms with Gasteiger partial charge in [-0.2, -0.15) is 0 Å². The molecule has 1 unspecified atom stereocenters. The number of nitrogens with zero attached hydrogens (tertiary/aromatic N) is 2. The van der Waals surface area contributed by atoms with Crippen molar-refractivity contribution in [1.29, 1.82) is 0 Å². The second kappa shape index (κ2) is 6.30. The van der Waals surface area contributed by atoms with Crippen LogP contribution >= 0.6 is 23.1 Å². The highest BCUT2D eigenvalue weighted by atomic mass is 35.5. The van der Waals surface area contributed by atoms with Gasteiger partial charge in [0.25, 0.3) is 0 Å². The highest BCUT2D eigenvalue weighted by molar-refractivity contribution is 7.05. The lowest BCUT2D eigenvalue weighted by Crippen LogP contribution is -2.19. The average molecular weight is 324 g/mol. The van der Waals surface area contributed by atoms with E-state index in [1.54, 1.807) is 0 Å². The van der Waals surface area contributed by atoms with Gasteiger partial charge in [-0.3, -0.25) is 0 Å². The smallest absolute Gasteiger partial charge is 0.125 e. The summed E-state index contributed by atoms with van der Waals surface area (Å²) in [5.74, 6) is 1.01. The Labute approximate surface area is 133 Å². The third-order valence-corrected chi connectivity index (χ3v) is 4.93. The molecule has 2 aromatic rings. The van der Waals surface area contributed by atoms with Gasteiger partial charge in [-0.15, -0.1) is 5.10 Å². The summed E-state index contributed by atoms with van der Waals surface area (Å²) < 4.78 is 9.88. The molecule has 112 valence electrons. The first-order valence-electron chi connectivity index (χ1n) is 7.15. The van der Waals surface area contributed by atoms with E-state index in [2.05, 4.69) is 21.8 Å². The van der Waals surface area contributed by atoms with Gasteiger partial charge in [-0.1, -0.05) is 23.0 Å². The van der Waals surface area contributed by atoms with E-state index in [1.807, 2.05) is 19.2 Å². The minimum Gasteiger partial charge on any atom is -0.493 e. The van der Waals surface area contributed by atoms with Crippen molar-refractivity contribution in [1.82, 2.24) is 14.9 Å². The summed E-state index contributed by atoms with van der Waals surface area (Å²) in [6.45, 7) is 2.85. The van der Waals surface area contributed by atoms with Crippen molar-refractivity contribution in [3.05, 3.63) is 38.9 Å². The molecule has 1 aliphatic heterocycles. The zero-order valence-electron chi connectivity index (χ0n) is 12.1. The molecule has 3 rings (SSSR count). The minimum absolute atomic E-state index is 0.187. The molecule has 1 N–H and O–H groups in total. The van der Waals surface area contributed by atoms with Crippen LogP contribution in [0.3, 0.4) is 0 Å². The molecule has 0 saturated heterocycles. The summed E-state index contributed by atoms with van der Waals surface area (Å²) in [6, 6.07) is 4.20. The van der Waals surface area contributed by atoms with Crippen molar-refractivity contribution in [3.63, 3.8) is 0 Å². The van der Waals surface area contributed by atoms with Crippen molar-refractivity contribution in [2.75, 3.05) is 13.7 Å². The monoisotopic (exact) mass is 323 g/mol. The van der Waals surface area contributed by atoms with Gasteiger partial charge in [0.2, 0.25) is 0 Å². The molecule has 0 saturated carbocycles. The minimum atomic E-state index is 0.187. The lowest BCUT2D eigenvalue weighted by atomic mass is 9.99. The predicted octanol–water partition coefficient (Wildman–Crippen LogP) is 3.19. The zero-order chi connectivity index (χ0) is 14.8. The predicted molar refractivity (Wildman–Crippen MR) is 85.4 cm³/mol. The number of hydrogen-bond donors (Lipinski definition) is 1. The summed E-state index contributed by atoms with van der Waals surface area (Å²) in [7, 11) is 1.97. The lowest BCUT2D eigenvalue weighted by molar-refractivity contribution is 0.352.